The van der Waals surface area contributed by atoms with Crippen LogP contribution in [0.5, 0.6) is 0 Å². The van der Waals surface area contributed by atoms with Crippen molar-refractivity contribution in [3.8, 4) is 0 Å². The molecule has 7 heteroatoms. The molecule has 1 rings (SSSR count). The van der Waals surface area contributed by atoms with E-state index in [0.29, 0.717) is 11.6 Å². The molecule has 19 heavy (non-hydrogen) atoms. The topological polar surface area (TPSA) is 72.0 Å². The van der Waals surface area contributed by atoms with Gasteiger partial charge < -0.3 is 10.6 Å². The van der Waals surface area contributed by atoms with Gasteiger partial charge in [-0.2, -0.15) is 16.9 Å². The van der Waals surface area contributed by atoms with Gasteiger partial charge in [0.05, 0.1) is 6.21 Å². The van der Waals surface area contributed by atoms with Crippen molar-refractivity contribution in [2.24, 2.45) is 16.0 Å². The van der Waals surface area contributed by atoms with Gasteiger partial charge >= 0.3 is 0 Å². The van der Waals surface area contributed by atoms with Crippen LogP contribution in [0.25, 0.3) is 0 Å². The molecule has 0 heterocycles. The van der Waals surface area contributed by atoms with E-state index in [1.807, 2.05) is 24.5 Å². The van der Waals surface area contributed by atoms with Crippen LogP contribution >= 0.6 is 23.4 Å². The highest BCUT2D eigenvalue weighted by Gasteiger charge is 1.94. The van der Waals surface area contributed by atoms with E-state index in [1.54, 1.807) is 24.0 Å². The van der Waals surface area contributed by atoms with E-state index in [9.17, 15) is 0 Å². The Balaban J connectivity index is 2.31. The van der Waals surface area contributed by atoms with E-state index >= 15 is 0 Å². The number of benzene rings is 1. The first kappa shape index (κ1) is 15.7. The van der Waals surface area contributed by atoms with Crippen molar-refractivity contribution in [3.05, 3.63) is 34.9 Å². The first-order chi connectivity index (χ1) is 9.24. The van der Waals surface area contributed by atoms with Crippen LogP contribution in [0.2, 0.25) is 5.02 Å². The molecule has 0 aliphatic carbocycles. The molecule has 0 radical (unpaired) electrons. The summed E-state index contributed by atoms with van der Waals surface area (Å²) < 4.78 is 0. The number of nitrogens with zero attached hydrogens (tertiary/aromatic N) is 2. The van der Waals surface area contributed by atoms with E-state index in [2.05, 4.69) is 15.7 Å². The number of guanidine groups is 1. The van der Waals surface area contributed by atoms with Gasteiger partial charge in [0, 0.05) is 10.6 Å². The zero-order valence-electron chi connectivity index (χ0n) is 10.7. The lowest BCUT2D eigenvalue weighted by molar-refractivity contribution is 0.144. The maximum atomic E-state index is 5.96. The molecule has 1 aromatic carbocycles. The predicted molar refractivity (Wildman–Crippen MR) is 82.8 cm³/mol. The summed E-state index contributed by atoms with van der Waals surface area (Å²) in [4.78, 5) is 5.01. The Morgan fingerprint density at radius 2 is 2.32 bits per heavy atom. The van der Waals surface area contributed by atoms with Gasteiger partial charge in [-0.15, -0.1) is 0 Å². The molecule has 1 aromatic rings. The van der Waals surface area contributed by atoms with Crippen LogP contribution in [0.15, 0.2) is 34.5 Å². The molecule has 0 amide bonds. The lowest BCUT2D eigenvalue weighted by Crippen LogP contribution is -2.27. The van der Waals surface area contributed by atoms with Crippen LogP contribution in [0.4, 0.5) is 0 Å². The second-order valence-corrected chi connectivity index (χ2v) is 4.94. The second-order valence-electron chi connectivity index (χ2n) is 3.55. The molecule has 3 N–H and O–H groups in total. The number of hydrazone groups is 1. The highest BCUT2D eigenvalue weighted by molar-refractivity contribution is 7.98. The molecule has 0 spiro atoms. The number of nitrogens with two attached hydrogens (primary N) is 1. The number of hydrogen-bond acceptors (Lipinski definition) is 4. The fourth-order valence-electron chi connectivity index (χ4n) is 1.15. The van der Waals surface area contributed by atoms with Crippen molar-refractivity contribution in [2.45, 2.75) is 6.42 Å². The molecule has 104 valence electrons. The number of oxime groups is 1. The fourth-order valence-corrected chi connectivity index (χ4v) is 1.74. The van der Waals surface area contributed by atoms with Crippen molar-refractivity contribution in [3.63, 3.8) is 0 Å². The number of nitrogens with one attached hydrogen (secondary N) is 1. The van der Waals surface area contributed by atoms with E-state index in [1.165, 1.54) is 0 Å². The third kappa shape index (κ3) is 6.93. The third-order valence-corrected chi connectivity index (χ3v) is 3.08. The molecule has 0 atom stereocenters. The number of halogens is 1. The van der Waals surface area contributed by atoms with Crippen LogP contribution in [0.3, 0.4) is 0 Å². The van der Waals surface area contributed by atoms with Crippen molar-refractivity contribution in [2.75, 3.05) is 18.6 Å². The first-order valence-corrected chi connectivity index (χ1v) is 7.49. The third-order valence-electron chi connectivity index (χ3n) is 2.03. The minimum absolute atomic E-state index is 0.104. The van der Waals surface area contributed by atoms with Gasteiger partial charge in [0.15, 0.2) is 0 Å². The maximum absolute atomic E-state index is 5.96. The largest absolute Gasteiger partial charge is 0.393 e. The Kier molecular flexibility index (Phi) is 7.84. The molecule has 0 saturated heterocycles. The van der Waals surface area contributed by atoms with Crippen molar-refractivity contribution in [1.82, 2.24) is 5.43 Å². The lowest BCUT2D eigenvalue weighted by Gasteiger charge is -2.01. The zero-order chi connectivity index (χ0) is 13.9. The summed E-state index contributed by atoms with van der Waals surface area (Å²) in [7, 11) is 0. The summed E-state index contributed by atoms with van der Waals surface area (Å²) >= 11 is 7.73. The SMILES string of the molecule is CSCCCO/N=C(\N)N/N=C/c1ccccc1Cl. The van der Waals surface area contributed by atoms with Crippen LogP contribution in [0, 0.1) is 0 Å². The molecule has 5 nitrogen and oxygen atoms in total. The summed E-state index contributed by atoms with van der Waals surface area (Å²) in [5.41, 5.74) is 8.91. The summed E-state index contributed by atoms with van der Waals surface area (Å²) in [6.45, 7) is 0.539. The second kappa shape index (κ2) is 9.52. The molecule has 0 fully saturated rings. The van der Waals surface area contributed by atoms with Crippen LogP contribution in [-0.2, 0) is 4.84 Å². The fraction of sp³-hybridized carbons (Fsp3) is 0.333. The Bertz CT molecular complexity index is 439. The average molecular weight is 301 g/mol. The van der Waals surface area contributed by atoms with Gasteiger partial charge in [0.25, 0.3) is 5.96 Å². The quantitative estimate of drug-likeness (QED) is 0.351. The minimum atomic E-state index is 0.104. The maximum Gasteiger partial charge on any atom is 0.251 e. The molecule has 0 aliphatic rings. The molecule has 0 aliphatic heterocycles. The van der Waals surface area contributed by atoms with E-state index in [-0.39, 0.29) is 5.96 Å². The highest BCUT2D eigenvalue weighted by Crippen LogP contribution is 2.11. The summed E-state index contributed by atoms with van der Waals surface area (Å²) in [5.74, 6) is 1.14. The Morgan fingerprint density at radius 1 is 1.53 bits per heavy atom. The summed E-state index contributed by atoms with van der Waals surface area (Å²) in [6, 6.07) is 7.36. The van der Waals surface area contributed by atoms with Gasteiger partial charge in [0.2, 0.25) is 0 Å². The number of thioether (sulfide) groups is 1. The first-order valence-electron chi connectivity index (χ1n) is 5.72. The molecule has 0 saturated carbocycles. The normalized spacial score (nSPS) is 11.8. The molecule has 0 aromatic heterocycles. The van der Waals surface area contributed by atoms with Gasteiger partial charge in [0.1, 0.15) is 6.61 Å². The monoisotopic (exact) mass is 300 g/mol. The van der Waals surface area contributed by atoms with E-state index in [4.69, 9.17) is 22.2 Å². The van der Waals surface area contributed by atoms with Gasteiger partial charge in [-0.1, -0.05) is 29.8 Å². The highest BCUT2D eigenvalue weighted by atomic mass is 35.5. The average Bonchev–Trinajstić information content (AvgIpc) is 2.41. The molecule has 0 unspecified atom stereocenters. The Morgan fingerprint density at radius 3 is 3.05 bits per heavy atom. The van der Waals surface area contributed by atoms with Gasteiger partial charge in [-0.05, 0) is 29.7 Å². The van der Waals surface area contributed by atoms with Gasteiger partial charge in [-0.3, -0.25) is 0 Å². The van der Waals surface area contributed by atoms with E-state index in [0.717, 1.165) is 17.7 Å². The van der Waals surface area contributed by atoms with Crippen LogP contribution in [-0.4, -0.2) is 30.8 Å². The molecular formula is C12H17ClN4OS. The number of hydrogen-bond donors (Lipinski definition) is 2. The standard InChI is InChI=1S/C12H17ClN4OS/c1-19-8-4-7-18-17-12(14)16-15-9-10-5-2-3-6-11(10)13/h2-3,5-6,9H,4,7-8H2,1H3,(H3,14,16,17)/b15-9+. The number of rotatable bonds is 7. The van der Waals surface area contributed by atoms with Crippen molar-refractivity contribution >= 4 is 35.5 Å². The van der Waals surface area contributed by atoms with Gasteiger partial charge in [-0.25, -0.2) is 5.43 Å². The molecular weight excluding hydrogens is 284 g/mol. The Hall–Kier alpha value is -1.40. The lowest BCUT2D eigenvalue weighted by atomic mass is 10.2. The van der Waals surface area contributed by atoms with Crippen molar-refractivity contribution < 1.29 is 4.84 Å². The van der Waals surface area contributed by atoms with Crippen LogP contribution < -0.4 is 11.2 Å². The minimum Gasteiger partial charge on any atom is -0.393 e. The van der Waals surface area contributed by atoms with E-state index < -0.39 is 0 Å². The Labute approximate surface area is 122 Å². The predicted octanol–water partition coefficient (Wildman–Crippen LogP) is 2.26. The zero-order valence-corrected chi connectivity index (χ0v) is 12.2. The summed E-state index contributed by atoms with van der Waals surface area (Å²) in [6.07, 6.45) is 4.54. The van der Waals surface area contributed by atoms with Crippen molar-refractivity contribution in [1.29, 1.82) is 0 Å². The smallest absolute Gasteiger partial charge is 0.251 e. The summed E-state index contributed by atoms with van der Waals surface area (Å²) in [5, 5.41) is 8.22. The molecule has 0 bridgehead atoms. The van der Waals surface area contributed by atoms with Crippen LogP contribution in [0.1, 0.15) is 12.0 Å².